The summed E-state index contributed by atoms with van der Waals surface area (Å²) in [5, 5.41) is 3.61. The van der Waals surface area contributed by atoms with Gasteiger partial charge < -0.3 is 4.57 Å². The fourth-order valence-corrected chi connectivity index (χ4v) is 8.92. The summed E-state index contributed by atoms with van der Waals surface area (Å²) in [6.07, 6.45) is 0. The minimum atomic E-state index is -0.0911. The lowest BCUT2D eigenvalue weighted by Crippen LogP contribution is -2.15. The zero-order chi connectivity index (χ0) is 34.6. The summed E-state index contributed by atoms with van der Waals surface area (Å²) in [7, 11) is 0. The van der Waals surface area contributed by atoms with Gasteiger partial charge in [0.2, 0.25) is 0 Å². The fraction of sp³-hybridized carbons (Fsp3) is 0.0625. The van der Waals surface area contributed by atoms with E-state index in [0.29, 0.717) is 0 Å². The number of hydrogen-bond donors (Lipinski definition) is 0. The van der Waals surface area contributed by atoms with Gasteiger partial charge in [-0.1, -0.05) is 129 Å². The van der Waals surface area contributed by atoms with Gasteiger partial charge in [-0.05, 0) is 76.9 Å². The van der Waals surface area contributed by atoms with Crippen LogP contribution in [0.4, 0.5) is 0 Å². The zero-order valence-electron chi connectivity index (χ0n) is 29.0. The van der Waals surface area contributed by atoms with Crippen LogP contribution in [0.15, 0.2) is 170 Å². The Labute approximate surface area is 301 Å². The second kappa shape index (κ2) is 10.7. The van der Waals surface area contributed by atoms with E-state index in [9.17, 15) is 0 Å². The van der Waals surface area contributed by atoms with Crippen LogP contribution < -0.4 is 0 Å². The Balaban J connectivity index is 1.28. The van der Waals surface area contributed by atoms with Crippen molar-refractivity contribution < 1.29 is 0 Å². The average molecular weight is 667 g/mol. The minimum absolute atomic E-state index is 0.0911. The molecule has 10 aromatic rings. The maximum Gasteiger partial charge on any atom is 0.165 e. The third-order valence-electron chi connectivity index (χ3n) is 11.2. The lowest BCUT2D eigenvalue weighted by molar-refractivity contribution is 0.660. The second-order valence-corrected chi connectivity index (χ2v) is 14.4. The van der Waals surface area contributed by atoms with Gasteiger partial charge in [0.05, 0.1) is 16.6 Å². The van der Waals surface area contributed by atoms with E-state index in [1.807, 2.05) is 0 Å². The van der Waals surface area contributed by atoms with E-state index < -0.39 is 0 Å². The molecule has 0 N–H and O–H groups in total. The Morgan fingerprint density at radius 1 is 0.442 bits per heavy atom. The maximum atomic E-state index is 5.52. The van der Waals surface area contributed by atoms with Gasteiger partial charge >= 0.3 is 0 Å². The summed E-state index contributed by atoms with van der Waals surface area (Å²) in [6, 6.07) is 61.3. The second-order valence-electron chi connectivity index (χ2n) is 14.4. The highest BCUT2D eigenvalue weighted by Gasteiger charge is 2.35. The topological polar surface area (TPSA) is 27.7 Å². The van der Waals surface area contributed by atoms with Crippen molar-refractivity contribution in [2.75, 3.05) is 0 Å². The highest BCUT2D eigenvalue weighted by molar-refractivity contribution is 6.25. The van der Waals surface area contributed by atoms with E-state index in [4.69, 9.17) is 4.98 Å². The molecule has 7 aromatic carbocycles. The highest BCUT2D eigenvalue weighted by Crippen LogP contribution is 2.50. The molecule has 0 saturated carbocycles. The number of imidazole rings is 1. The molecule has 0 spiro atoms. The van der Waals surface area contributed by atoms with Crippen LogP contribution in [0.1, 0.15) is 25.0 Å². The molecule has 246 valence electrons. The van der Waals surface area contributed by atoms with Crippen LogP contribution in [0.5, 0.6) is 0 Å². The van der Waals surface area contributed by atoms with Crippen LogP contribution in [-0.4, -0.2) is 18.7 Å². The van der Waals surface area contributed by atoms with Crippen LogP contribution >= 0.6 is 0 Å². The van der Waals surface area contributed by atoms with Crippen LogP contribution in [0.2, 0.25) is 0 Å². The Hall–Kier alpha value is -6.65. The largest absolute Gasteiger partial charge is 0.309 e. The summed E-state index contributed by atoms with van der Waals surface area (Å²) in [4.78, 5) is 5.52. The minimum Gasteiger partial charge on any atom is -0.309 e. The molecule has 0 unspecified atom stereocenters. The Bertz CT molecular complexity index is 3020. The van der Waals surface area contributed by atoms with Crippen LogP contribution in [0, 0.1) is 0 Å². The lowest BCUT2D eigenvalue weighted by Gasteiger charge is -2.22. The fourth-order valence-electron chi connectivity index (χ4n) is 8.92. The highest BCUT2D eigenvalue weighted by atomic mass is 15.2. The van der Waals surface area contributed by atoms with Crippen molar-refractivity contribution in [2.24, 2.45) is 0 Å². The number of rotatable bonds is 4. The molecule has 0 amide bonds. The Morgan fingerprint density at radius 2 is 1.08 bits per heavy atom. The number of nitrogens with zero attached hydrogens (tertiary/aromatic N) is 4. The first kappa shape index (κ1) is 29.1. The molecule has 52 heavy (non-hydrogen) atoms. The predicted octanol–water partition coefficient (Wildman–Crippen LogP) is 12.0. The van der Waals surface area contributed by atoms with E-state index in [2.05, 4.69) is 197 Å². The van der Waals surface area contributed by atoms with Crippen molar-refractivity contribution in [3.05, 3.63) is 181 Å². The molecule has 0 saturated heterocycles. The van der Waals surface area contributed by atoms with E-state index in [1.165, 1.54) is 55.1 Å². The van der Waals surface area contributed by atoms with E-state index >= 15 is 0 Å². The van der Waals surface area contributed by atoms with Crippen molar-refractivity contribution >= 4 is 43.9 Å². The van der Waals surface area contributed by atoms with Gasteiger partial charge in [0.1, 0.15) is 11.3 Å². The first-order valence-electron chi connectivity index (χ1n) is 18.0. The van der Waals surface area contributed by atoms with Gasteiger partial charge in [0.15, 0.2) is 5.65 Å². The first-order chi connectivity index (χ1) is 25.6. The molecule has 0 fully saturated rings. The maximum absolute atomic E-state index is 5.52. The molecular weight excluding hydrogens is 633 g/mol. The van der Waals surface area contributed by atoms with Crippen molar-refractivity contribution in [2.45, 2.75) is 19.3 Å². The van der Waals surface area contributed by atoms with Crippen molar-refractivity contribution in [3.8, 4) is 39.6 Å². The standard InChI is InChI=1S/C48H34N4/c1-48(2)39-24-14-12-22-35(39)36-27-26-34(30-40(36)48)50-41-25-15-13-23-37(41)43-42(50)29-28-38-44(43)51(32-18-8-4-9-19-32)47-45(38)52(33-20-10-5-11-21-33)46(49-47)31-16-6-3-7-17-31/h3-30H,1-2H3. The van der Waals surface area contributed by atoms with E-state index in [-0.39, 0.29) is 5.41 Å². The van der Waals surface area contributed by atoms with E-state index in [1.54, 1.807) is 0 Å². The molecule has 0 radical (unpaired) electrons. The van der Waals surface area contributed by atoms with Gasteiger partial charge in [0, 0.05) is 44.2 Å². The molecule has 1 aliphatic rings. The van der Waals surface area contributed by atoms with Gasteiger partial charge in [-0.3, -0.25) is 9.13 Å². The zero-order valence-corrected chi connectivity index (χ0v) is 29.0. The number of benzene rings is 7. The molecule has 4 nitrogen and oxygen atoms in total. The Morgan fingerprint density at radius 3 is 1.85 bits per heavy atom. The number of fused-ring (bicyclic) bond motifs is 10. The van der Waals surface area contributed by atoms with Gasteiger partial charge in [-0.25, -0.2) is 4.98 Å². The summed E-state index contributed by atoms with van der Waals surface area (Å²) in [6.45, 7) is 4.71. The quantitative estimate of drug-likeness (QED) is 0.184. The molecular formula is C48H34N4. The lowest BCUT2D eigenvalue weighted by atomic mass is 9.82. The summed E-state index contributed by atoms with van der Waals surface area (Å²) >= 11 is 0. The molecule has 0 aliphatic heterocycles. The van der Waals surface area contributed by atoms with E-state index in [0.717, 1.165) is 39.4 Å². The van der Waals surface area contributed by atoms with Crippen LogP contribution in [0.3, 0.4) is 0 Å². The predicted molar refractivity (Wildman–Crippen MR) is 215 cm³/mol. The van der Waals surface area contributed by atoms with Crippen molar-refractivity contribution in [1.82, 2.24) is 18.7 Å². The monoisotopic (exact) mass is 666 g/mol. The molecule has 3 heterocycles. The molecule has 4 heteroatoms. The summed E-state index contributed by atoms with van der Waals surface area (Å²) < 4.78 is 7.19. The van der Waals surface area contributed by atoms with Gasteiger partial charge in [0.25, 0.3) is 0 Å². The molecule has 3 aromatic heterocycles. The molecule has 0 bridgehead atoms. The Kier molecular flexibility index (Phi) is 5.98. The third kappa shape index (κ3) is 3.89. The third-order valence-corrected chi connectivity index (χ3v) is 11.2. The smallest absolute Gasteiger partial charge is 0.165 e. The van der Waals surface area contributed by atoms with Gasteiger partial charge in [-0.15, -0.1) is 0 Å². The molecule has 1 aliphatic carbocycles. The molecule has 11 rings (SSSR count). The normalized spacial score (nSPS) is 13.3. The molecule has 0 atom stereocenters. The number of aromatic nitrogens is 4. The van der Waals surface area contributed by atoms with Crippen molar-refractivity contribution in [1.29, 1.82) is 0 Å². The average Bonchev–Trinajstić information content (AvgIpc) is 3.90. The van der Waals surface area contributed by atoms with Crippen molar-refractivity contribution in [3.63, 3.8) is 0 Å². The number of para-hydroxylation sites is 3. The van der Waals surface area contributed by atoms with Crippen LogP contribution in [0.25, 0.3) is 83.4 Å². The first-order valence-corrected chi connectivity index (χ1v) is 18.0. The number of hydrogen-bond acceptors (Lipinski definition) is 1. The van der Waals surface area contributed by atoms with Crippen LogP contribution in [-0.2, 0) is 5.41 Å². The summed E-state index contributed by atoms with van der Waals surface area (Å²) in [5.41, 5.74) is 15.3. The van der Waals surface area contributed by atoms with Gasteiger partial charge in [-0.2, -0.15) is 0 Å². The SMILES string of the molecule is CC1(C)c2ccccc2-c2ccc(-n3c4ccccc4c4c3ccc3c5c(nc(-c6ccccc6)n5-c5ccccc5)n(-c5ccccc5)c34)cc21. The summed E-state index contributed by atoms with van der Waals surface area (Å²) in [5.74, 6) is 0.924.